The first-order chi connectivity index (χ1) is 17.8. The molecular weight excluding hydrogens is 470 g/mol. The Morgan fingerprint density at radius 1 is 0.892 bits per heavy atom. The largest absolute Gasteiger partial charge is 0.444 e. The number of carbonyl (C=O) groups excluding carboxylic acids is 1. The first-order valence-electron chi connectivity index (χ1n) is 12.2. The quantitative estimate of drug-likeness (QED) is 0.450. The molecule has 1 fully saturated rings. The van der Waals surface area contributed by atoms with E-state index in [2.05, 4.69) is 25.2 Å². The molecule has 0 atom stereocenters. The minimum Gasteiger partial charge on any atom is -0.444 e. The van der Waals surface area contributed by atoms with Gasteiger partial charge in [0.2, 0.25) is 5.95 Å². The third kappa shape index (κ3) is 5.53. The first-order valence-corrected chi connectivity index (χ1v) is 12.2. The zero-order valence-corrected chi connectivity index (χ0v) is 21.1. The van der Waals surface area contributed by atoms with E-state index in [9.17, 15) is 9.59 Å². The minimum absolute atomic E-state index is 0.169. The van der Waals surface area contributed by atoms with Crippen molar-refractivity contribution >= 4 is 34.6 Å². The number of hydrogen-bond acceptors (Lipinski definition) is 8. The van der Waals surface area contributed by atoms with E-state index >= 15 is 0 Å². The molecule has 4 heterocycles. The maximum atomic E-state index is 12.6. The molecule has 1 saturated heterocycles. The molecular formula is C27H29N7O3. The number of nitrogens with zero attached hydrogens (tertiary/aromatic N) is 6. The summed E-state index contributed by atoms with van der Waals surface area (Å²) in [5, 5.41) is 3.88. The highest BCUT2D eigenvalue weighted by atomic mass is 16.6. The Hall–Kier alpha value is -4.47. The average Bonchev–Trinajstić information content (AvgIpc) is 2.89. The molecule has 10 heteroatoms. The van der Waals surface area contributed by atoms with Crippen LogP contribution in [0, 0.1) is 0 Å². The van der Waals surface area contributed by atoms with E-state index in [0.717, 1.165) is 16.8 Å². The van der Waals surface area contributed by atoms with E-state index in [0.29, 0.717) is 43.6 Å². The van der Waals surface area contributed by atoms with Crippen LogP contribution in [0.2, 0.25) is 0 Å². The van der Waals surface area contributed by atoms with Crippen LogP contribution < -0.4 is 15.8 Å². The van der Waals surface area contributed by atoms with Crippen molar-refractivity contribution < 1.29 is 9.53 Å². The maximum absolute atomic E-state index is 12.6. The van der Waals surface area contributed by atoms with E-state index in [4.69, 9.17) is 4.74 Å². The van der Waals surface area contributed by atoms with Crippen molar-refractivity contribution in [1.29, 1.82) is 0 Å². The van der Waals surface area contributed by atoms with Gasteiger partial charge in [0.1, 0.15) is 11.4 Å². The van der Waals surface area contributed by atoms with Crippen LogP contribution >= 0.6 is 0 Å². The molecule has 0 aliphatic carbocycles. The zero-order chi connectivity index (χ0) is 26.0. The molecule has 3 aromatic heterocycles. The maximum Gasteiger partial charge on any atom is 0.410 e. The van der Waals surface area contributed by atoms with Crippen molar-refractivity contribution in [3.63, 3.8) is 0 Å². The molecule has 1 amide bonds. The molecule has 0 saturated carbocycles. The number of anilines is 3. The highest BCUT2D eigenvalue weighted by Gasteiger charge is 2.26. The summed E-state index contributed by atoms with van der Waals surface area (Å²) in [5.41, 5.74) is 1.53. The fraction of sp³-hybridized carbons (Fsp3) is 0.296. The number of carbonyl (C=O) groups is 1. The van der Waals surface area contributed by atoms with Crippen molar-refractivity contribution in [3.8, 4) is 5.69 Å². The predicted molar refractivity (Wildman–Crippen MR) is 143 cm³/mol. The second-order valence-corrected chi connectivity index (χ2v) is 9.80. The molecule has 1 aliphatic heterocycles. The van der Waals surface area contributed by atoms with Crippen LogP contribution in [-0.2, 0) is 4.74 Å². The molecule has 0 radical (unpaired) electrons. The van der Waals surface area contributed by atoms with E-state index in [-0.39, 0.29) is 11.7 Å². The first kappa shape index (κ1) is 24.2. The van der Waals surface area contributed by atoms with E-state index in [1.54, 1.807) is 27.9 Å². The molecule has 4 aromatic rings. The van der Waals surface area contributed by atoms with Gasteiger partial charge >= 0.3 is 6.09 Å². The summed E-state index contributed by atoms with van der Waals surface area (Å²) in [7, 11) is 0. The van der Waals surface area contributed by atoms with Gasteiger partial charge in [-0.2, -0.15) is 4.98 Å². The lowest BCUT2D eigenvalue weighted by Crippen LogP contribution is -2.50. The molecule has 5 rings (SSSR count). The standard InChI is InChI=1S/C27H29N7O3/c1-27(2,3)37-26(36)33-15-13-32(14-16-33)21-10-11-22(28-18-21)30-25-29-17-19-9-12-23(35)34(24(19)31-25)20-7-5-4-6-8-20/h4-12,17-18H,13-16H2,1-3H3,(H,28,29,30,31). The number of nitrogens with one attached hydrogen (secondary N) is 1. The number of benzene rings is 1. The van der Waals surface area contributed by atoms with Crippen LogP contribution in [0.4, 0.5) is 22.2 Å². The lowest BCUT2D eigenvalue weighted by atomic mass is 10.2. The fourth-order valence-corrected chi connectivity index (χ4v) is 4.14. The van der Waals surface area contributed by atoms with Crippen LogP contribution in [0.3, 0.4) is 0 Å². The lowest BCUT2D eigenvalue weighted by molar-refractivity contribution is 0.0240. The van der Waals surface area contributed by atoms with Gasteiger partial charge < -0.3 is 19.9 Å². The summed E-state index contributed by atoms with van der Waals surface area (Å²) in [4.78, 5) is 42.4. The Kier molecular flexibility index (Phi) is 6.47. The van der Waals surface area contributed by atoms with Crippen LogP contribution in [-0.4, -0.2) is 62.3 Å². The summed E-state index contributed by atoms with van der Waals surface area (Å²) in [6.45, 7) is 8.16. The van der Waals surface area contributed by atoms with Gasteiger partial charge in [0.15, 0.2) is 5.65 Å². The third-order valence-electron chi connectivity index (χ3n) is 5.93. The normalized spacial score (nSPS) is 14.0. The smallest absolute Gasteiger partial charge is 0.410 e. The number of piperazine rings is 1. The monoisotopic (exact) mass is 499 g/mol. The second kappa shape index (κ2) is 9.88. The molecule has 10 nitrogen and oxygen atoms in total. The van der Waals surface area contributed by atoms with Crippen molar-refractivity contribution in [2.24, 2.45) is 0 Å². The van der Waals surface area contributed by atoms with Crippen molar-refractivity contribution in [1.82, 2.24) is 24.4 Å². The van der Waals surface area contributed by atoms with Crippen molar-refractivity contribution in [3.05, 3.63) is 77.3 Å². The summed E-state index contributed by atoms with van der Waals surface area (Å²) in [6, 6.07) is 16.5. The van der Waals surface area contributed by atoms with E-state index in [1.807, 2.05) is 63.2 Å². The Labute approximate surface area is 214 Å². The summed E-state index contributed by atoms with van der Waals surface area (Å²) in [6.07, 6.45) is 3.19. The van der Waals surface area contributed by atoms with Crippen LogP contribution in [0.5, 0.6) is 0 Å². The molecule has 0 unspecified atom stereocenters. The highest BCUT2D eigenvalue weighted by molar-refractivity contribution is 5.77. The predicted octanol–water partition coefficient (Wildman–Crippen LogP) is 3.98. The lowest BCUT2D eigenvalue weighted by Gasteiger charge is -2.36. The summed E-state index contributed by atoms with van der Waals surface area (Å²) in [5.74, 6) is 0.925. The Balaban J connectivity index is 1.28. The summed E-state index contributed by atoms with van der Waals surface area (Å²) < 4.78 is 7.04. The fourth-order valence-electron chi connectivity index (χ4n) is 4.14. The van der Waals surface area contributed by atoms with Crippen LogP contribution in [0.1, 0.15) is 20.8 Å². The number of para-hydroxylation sites is 1. The topological polar surface area (TPSA) is 105 Å². The molecule has 37 heavy (non-hydrogen) atoms. The molecule has 0 spiro atoms. The molecule has 190 valence electrons. The van der Waals surface area contributed by atoms with Gasteiger partial charge in [-0.05, 0) is 51.1 Å². The number of amides is 1. The minimum atomic E-state index is -0.505. The summed E-state index contributed by atoms with van der Waals surface area (Å²) >= 11 is 0. The number of ether oxygens (including phenoxy) is 1. The van der Waals surface area contributed by atoms with Gasteiger partial charge in [-0.3, -0.25) is 9.36 Å². The van der Waals surface area contributed by atoms with Gasteiger partial charge in [-0.1, -0.05) is 18.2 Å². The van der Waals surface area contributed by atoms with E-state index in [1.165, 1.54) is 6.07 Å². The van der Waals surface area contributed by atoms with Gasteiger partial charge in [0.25, 0.3) is 5.56 Å². The Morgan fingerprint density at radius 3 is 2.32 bits per heavy atom. The Bertz CT molecular complexity index is 1460. The number of hydrogen-bond donors (Lipinski definition) is 1. The third-order valence-corrected chi connectivity index (χ3v) is 5.93. The zero-order valence-electron chi connectivity index (χ0n) is 21.1. The molecule has 1 aromatic carbocycles. The molecule has 0 bridgehead atoms. The average molecular weight is 500 g/mol. The molecule has 1 aliphatic rings. The second-order valence-electron chi connectivity index (χ2n) is 9.80. The van der Waals surface area contributed by atoms with Gasteiger partial charge in [-0.15, -0.1) is 0 Å². The van der Waals surface area contributed by atoms with Crippen LogP contribution in [0.15, 0.2) is 71.8 Å². The number of rotatable bonds is 4. The number of pyridine rings is 2. The SMILES string of the molecule is CC(C)(C)OC(=O)N1CCN(c2ccc(Nc3ncc4ccc(=O)n(-c5ccccc5)c4n3)nc2)CC1. The van der Waals surface area contributed by atoms with Crippen LogP contribution in [0.25, 0.3) is 16.7 Å². The van der Waals surface area contributed by atoms with Gasteiger partial charge in [-0.25, -0.2) is 14.8 Å². The number of fused-ring (bicyclic) bond motifs is 1. The van der Waals surface area contributed by atoms with E-state index < -0.39 is 5.60 Å². The van der Waals surface area contributed by atoms with Crippen molar-refractivity contribution in [2.75, 3.05) is 36.4 Å². The molecule has 1 N–H and O–H groups in total. The van der Waals surface area contributed by atoms with Gasteiger partial charge in [0, 0.05) is 43.8 Å². The number of aromatic nitrogens is 4. The Morgan fingerprint density at radius 2 is 1.65 bits per heavy atom. The van der Waals surface area contributed by atoms with Gasteiger partial charge in [0.05, 0.1) is 17.6 Å². The highest BCUT2D eigenvalue weighted by Crippen LogP contribution is 2.21. The van der Waals surface area contributed by atoms with Crippen molar-refractivity contribution in [2.45, 2.75) is 26.4 Å².